The van der Waals surface area contributed by atoms with Gasteiger partial charge in [-0.15, -0.1) is 0 Å². The second kappa shape index (κ2) is 17.4. The van der Waals surface area contributed by atoms with Crippen LogP contribution in [0.4, 0.5) is 0 Å². The van der Waals surface area contributed by atoms with Gasteiger partial charge in [0, 0.05) is 17.4 Å². The van der Waals surface area contributed by atoms with Crippen molar-refractivity contribution in [2.45, 2.75) is 125 Å². The van der Waals surface area contributed by atoms with Gasteiger partial charge in [0.25, 0.3) is 0 Å². The minimum atomic E-state index is 0.608. The summed E-state index contributed by atoms with van der Waals surface area (Å²) in [5.41, 5.74) is 5.18. The van der Waals surface area contributed by atoms with E-state index in [4.69, 9.17) is 18.9 Å². The van der Waals surface area contributed by atoms with Crippen LogP contribution >= 0.6 is 0 Å². The molecule has 0 fully saturated rings. The highest BCUT2D eigenvalue weighted by molar-refractivity contribution is 5.95. The van der Waals surface area contributed by atoms with Gasteiger partial charge in [-0.2, -0.15) is 4.57 Å². The molecule has 0 bridgehead atoms. The maximum absolute atomic E-state index is 6.56. The monoisotopic (exact) mass is 590 g/mol. The van der Waals surface area contributed by atoms with E-state index in [1.165, 1.54) is 92.0 Å². The molecular weight excluding hydrogens is 534 g/mol. The van der Waals surface area contributed by atoms with Gasteiger partial charge in [-0.3, -0.25) is 0 Å². The van der Waals surface area contributed by atoms with E-state index in [-0.39, 0.29) is 0 Å². The Morgan fingerprint density at radius 2 is 1.23 bits per heavy atom. The zero-order valence-corrected chi connectivity index (χ0v) is 27.7. The van der Waals surface area contributed by atoms with Gasteiger partial charge < -0.3 is 18.9 Å². The molecule has 0 N–H and O–H groups in total. The van der Waals surface area contributed by atoms with E-state index in [1.807, 2.05) is 20.8 Å². The lowest BCUT2D eigenvalue weighted by molar-refractivity contribution is -0.686. The molecular formula is C38H56NO4+. The largest absolute Gasteiger partial charge is 0.490 e. The number of fused-ring (bicyclic) bond motifs is 4. The second-order valence-electron chi connectivity index (χ2n) is 11.7. The molecule has 0 saturated heterocycles. The number of unbranched alkanes of at least 4 members (excludes halogenated alkanes) is 10. The summed E-state index contributed by atoms with van der Waals surface area (Å²) in [6.45, 7) is 14.1. The van der Waals surface area contributed by atoms with E-state index in [0.717, 1.165) is 60.8 Å². The SMILES string of the molecule is CCCCCCCCCCCCCOc1c(OCC)ccc2c(CC)c3[n+](cc12)CCc1cc(OCC)c(OCC)cc1-3. The van der Waals surface area contributed by atoms with Crippen molar-refractivity contribution in [3.8, 4) is 34.3 Å². The first kappa shape index (κ1) is 33.0. The number of nitrogens with zero attached hydrogens (tertiary/aromatic N) is 1. The third kappa shape index (κ3) is 8.37. The van der Waals surface area contributed by atoms with Crippen LogP contribution in [0.15, 0.2) is 30.5 Å². The first-order valence-electron chi connectivity index (χ1n) is 17.4. The Labute approximate surface area is 260 Å². The molecule has 1 aromatic heterocycles. The number of hydrogen-bond donors (Lipinski definition) is 0. The first-order valence-corrected chi connectivity index (χ1v) is 17.4. The smallest absolute Gasteiger partial charge is 0.216 e. The molecule has 0 unspecified atom stereocenters. The standard InChI is InChI=1S/C38H56NO4/c1-6-11-12-13-14-15-16-17-18-19-20-25-43-38-33-28-39-24-23-29-26-35(41-9-4)36(42-10-5)27-32(29)37(39)30(7-2)31(33)21-22-34(38)40-8-3/h21-22,26-28H,6-20,23-25H2,1-5H3/q+1. The summed E-state index contributed by atoms with van der Waals surface area (Å²) >= 11 is 0. The van der Waals surface area contributed by atoms with Gasteiger partial charge in [-0.05, 0) is 63.4 Å². The van der Waals surface area contributed by atoms with Crippen molar-refractivity contribution >= 4 is 10.8 Å². The summed E-state index contributed by atoms with van der Waals surface area (Å²) in [6.07, 6.45) is 18.8. The molecule has 0 atom stereocenters. The molecule has 2 aromatic carbocycles. The van der Waals surface area contributed by atoms with Crippen LogP contribution in [0.3, 0.4) is 0 Å². The lowest BCUT2D eigenvalue weighted by Crippen LogP contribution is -2.41. The number of ether oxygens (including phenoxy) is 4. The second-order valence-corrected chi connectivity index (χ2v) is 11.7. The van der Waals surface area contributed by atoms with Crippen molar-refractivity contribution in [1.29, 1.82) is 0 Å². The Morgan fingerprint density at radius 1 is 0.628 bits per heavy atom. The lowest BCUT2D eigenvalue weighted by Gasteiger charge is -2.22. The van der Waals surface area contributed by atoms with E-state index in [1.54, 1.807) is 0 Å². The summed E-state index contributed by atoms with van der Waals surface area (Å²) in [7, 11) is 0. The topological polar surface area (TPSA) is 40.8 Å². The molecule has 1 aliphatic rings. The Balaban J connectivity index is 1.52. The Bertz CT molecular complexity index is 1300. The van der Waals surface area contributed by atoms with Crippen LogP contribution in [0.2, 0.25) is 0 Å². The van der Waals surface area contributed by atoms with Crippen molar-refractivity contribution < 1.29 is 23.5 Å². The maximum atomic E-state index is 6.56. The third-order valence-electron chi connectivity index (χ3n) is 8.64. The van der Waals surface area contributed by atoms with Gasteiger partial charge in [0.2, 0.25) is 5.69 Å². The number of rotatable bonds is 20. The summed E-state index contributed by atoms with van der Waals surface area (Å²) in [6, 6.07) is 8.71. The fourth-order valence-corrected chi connectivity index (χ4v) is 6.51. The van der Waals surface area contributed by atoms with Gasteiger partial charge in [-0.25, -0.2) is 0 Å². The molecule has 4 rings (SSSR count). The van der Waals surface area contributed by atoms with Gasteiger partial charge in [0.05, 0.1) is 37.4 Å². The quantitative estimate of drug-likeness (QED) is 0.0970. The third-order valence-corrected chi connectivity index (χ3v) is 8.64. The molecule has 43 heavy (non-hydrogen) atoms. The van der Waals surface area contributed by atoms with Crippen molar-refractivity contribution in [3.05, 3.63) is 41.6 Å². The van der Waals surface area contributed by atoms with E-state index in [0.29, 0.717) is 19.8 Å². The molecule has 0 radical (unpaired) electrons. The highest BCUT2D eigenvalue weighted by Crippen LogP contribution is 2.43. The molecule has 5 nitrogen and oxygen atoms in total. The van der Waals surface area contributed by atoms with Crippen molar-refractivity contribution in [2.75, 3.05) is 26.4 Å². The van der Waals surface area contributed by atoms with E-state index in [9.17, 15) is 0 Å². The fourth-order valence-electron chi connectivity index (χ4n) is 6.51. The maximum Gasteiger partial charge on any atom is 0.216 e. The summed E-state index contributed by atoms with van der Waals surface area (Å²) < 4.78 is 27.1. The van der Waals surface area contributed by atoms with Gasteiger partial charge in [-0.1, -0.05) is 78.1 Å². The van der Waals surface area contributed by atoms with E-state index in [2.05, 4.69) is 48.9 Å². The van der Waals surface area contributed by atoms with Gasteiger partial charge >= 0.3 is 0 Å². The highest BCUT2D eigenvalue weighted by Gasteiger charge is 2.31. The summed E-state index contributed by atoms with van der Waals surface area (Å²) in [5.74, 6) is 3.40. The number of aromatic nitrogens is 1. The zero-order chi connectivity index (χ0) is 30.4. The molecule has 0 aliphatic carbocycles. The average Bonchev–Trinajstić information content (AvgIpc) is 3.01. The number of pyridine rings is 1. The minimum Gasteiger partial charge on any atom is -0.490 e. The molecule has 0 spiro atoms. The molecule has 5 heteroatoms. The van der Waals surface area contributed by atoms with Gasteiger partial charge in [0.15, 0.2) is 35.7 Å². The normalized spacial score (nSPS) is 12.2. The lowest BCUT2D eigenvalue weighted by atomic mass is 9.90. The van der Waals surface area contributed by atoms with Crippen LogP contribution in [0.1, 0.15) is 116 Å². The van der Waals surface area contributed by atoms with Crippen molar-refractivity contribution in [2.24, 2.45) is 0 Å². The zero-order valence-electron chi connectivity index (χ0n) is 27.7. The van der Waals surface area contributed by atoms with Crippen LogP contribution in [-0.2, 0) is 19.4 Å². The van der Waals surface area contributed by atoms with E-state index >= 15 is 0 Å². The average molecular weight is 591 g/mol. The summed E-state index contributed by atoms with van der Waals surface area (Å²) in [4.78, 5) is 0. The van der Waals surface area contributed by atoms with Crippen LogP contribution in [-0.4, -0.2) is 26.4 Å². The first-order chi connectivity index (χ1) is 21.2. The molecule has 236 valence electrons. The molecule has 2 heterocycles. The van der Waals surface area contributed by atoms with Crippen LogP contribution in [0, 0.1) is 0 Å². The number of aryl methyl sites for hydroxylation is 3. The Kier molecular flexibility index (Phi) is 13.3. The molecule has 1 aliphatic heterocycles. The molecule has 0 amide bonds. The van der Waals surface area contributed by atoms with Crippen LogP contribution in [0.25, 0.3) is 22.0 Å². The summed E-state index contributed by atoms with van der Waals surface area (Å²) in [5, 5.41) is 2.39. The van der Waals surface area contributed by atoms with Gasteiger partial charge in [0.1, 0.15) is 0 Å². The molecule has 0 saturated carbocycles. The fraction of sp³-hybridized carbons (Fsp3) is 0.605. The Hall–Kier alpha value is -2.95. The number of benzene rings is 2. The predicted molar refractivity (Wildman–Crippen MR) is 178 cm³/mol. The van der Waals surface area contributed by atoms with Crippen LogP contribution < -0.4 is 23.5 Å². The predicted octanol–water partition coefficient (Wildman–Crippen LogP) is 9.80. The number of hydrogen-bond acceptors (Lipinski definition) is 4. The van der Waals surface area contributed by atoms with Crippen molar-refractivity contribution in [1.82, 2.24) is 0 Å². The minimum absolute atomic E-state index is 0.608. The highest BCUT2D eigenvalue weighted by atomic mass is 16.5. The van der Waals surface area contributed by atoms with Crippen molar-refractivity contribution in [3.63, 3.8) is 0 Å². The van der Waals surface area contributed by atoms with E-state index < -0.39 is 0 Å². The Morgan fingerprint density at radius 3 is 1.86 bits per heavy atom. The van der Waals surface area contributed by atoms with Crippen LogP contribution in [0.5, 0.6) is 23.0 Å². The molecule has 3 aromatic rings.